The highest BCUT2D eigenvalue weighted by atomic mass is 16.2. The van der Waals surface area contributed by atoms with Crippen molar-refractivity contribution in [2.45, 2.75) is 50.6 Å². The molecule has 0 bridgehead atoms. The van der Waals surface area contributed by atoms with Gasteiger partial charge in [0.2, 0.25) is 17.8 Å². The second kappa shape index (κ2) is 7.47. The molecule has 3 heterocycles. The minimum atomic E-state index is -0.0205. The number of fused-ring (bicyclic) bond motifs is 1. The topological polar surface area (TPSA) is 97.1 Å². The van der Waals surface area contributed by atoms with Crippen molar-refractivity contribution in [2.75, 3.05) is 11.9 Å². The smallest absolute Gasteiger partial charge is 0.229 e. The minimum Gasteiger partial charge on any atom is -0.341 e. The van der Waals surface area contributed by atoms with Gasteiger partial charge in [0.25, 0.3) is 0 Å². The summed E-state index contributed by atoms with van der Waals surface area (Å²) < 4.78 is 1.72. The lowest BCUT2D eigenvalue weighted by Crippen LogP contribution is -2.45. The number of likely N-dealkylation sites (tertiary alicyclic amines) is 1. The molecule has 2 aromatic heterocycles. The first-order valence-corrected chi connectivity index (χ1v) is 10.3. The zero-order valence-electron chi connectivity index (χ0n) is 16.8. The fourth-order valence-electron chi connectivity index (χ4n) is 4.53. The lowest BCUT2D eigenvalue weighted by atomic mass is 9.89. The molecule has 9 nitrogen and oxygen atoms in total. The van der Waals surface area contributed by atoms with Crippen molar-refractivity contribution in [1.29, 1.82) is 0 Å². The Hall–Kier alpha value is -3.36. The maximum Gasteiger partial charge on any atom is 0.229 e. The van der Waals surface area contributed by atoms with Crippen LogP contribution in [0.25, 0.3) is 16.9 Å². The van der Waals surface area contributed by atoms with Crippen molar-refractivity contribution in [1.82, 2.24) is 29.9 Å². The number of aromatic nitrogens is 5. The van der Waals surface area contributed by atoms with E-state index >= 15 is 0 Å². The van der Waals surface area contributed by atoms with Crippen molar-refractivity contribution in [3.8, 4) is 5.82 Å². The van der Waals surface area contributed by atoms with Gasteiger partial charge in [-0.2, -0.15) is 9.67 Å². The van der Waals surface area contributed by atoms with E-state index in [9.17, 15) is 9.59 Å². The van der Waals surface area contributed by atoms with E-state index in [-0.39, 0.29) is 23.9 Å². The Morgan fingerprint density at radius 1 is 1.00 bits per heavy atom. The Morgan fingerprint density at radius 3 is 2.50 bits per heavy atom. The lowest BCUT2D eigenvalue weighted by molar-refractivity contribution is -0.141. The van der Waals surface area contributed by atoms with Gasteiger partial charge in [-0.15, -0.1) is 5.10 Å². The lowest BCUT2D eigenvalue weighted by Gasteiger charge is -2.37. The highest BCUT2D eigenvalue weighted by molar-refractivity contribution is 6.02. The van der Waals surface area contributed by atoms with E-state index < -0.39 is 0 Å². The molecule has 0 unspecified atom stereocenters. The van der Waals surface area contributed by atoms with E-state index in [0.29, 0.717) is 24.6 Å². The van der Waals surface area contributed by atoms with Crippen LogP contribution in [0, 0.1) is 0 Å². The molecule has 5 rings (SSSR count). The third kappa shape index (κ3) is 3.20. The molecule has 0 atom stereocenters. The fourth-order valence-corrected chi connectivity index (χ4v) is 4.53. The highest BCUT2D eigenvalue weighted by Gasteiger charge is 2.37. The summed E-state index contributed by atoms with van der Waals surface area (Å²) in [6, 6.07) is 9.87. The van der Waals surface area contributed by atoms with Gasteiger partial charge in [0.05, 0.1) is 5.52 Å². The molecule has 1 saturated carbocycles. The Bertz CT molecular complexity index is 1090. The van der Waals surface area contributed by atoms with Gasteiger partial charge in [0.1, 0.15) is 5.52 Å². The summed E-state index contributed by atoms with van der Waals surface area (Å²) in [5.41, 5.74) is 1.71. The summed E-state index contributed by atoms with van der Waals surface area (Å²) in [6.07, 6.45) is 5.86. The first-order chi connectivity index (χ1) is 14.6. The molecule has 2 fully saturated rings. The standard InChI is InChI=1S/C21H23N7O2/c1-26(14-6-8-15(9-7-14)27-19(29)10-11-20(27)30)21-22-13-12-18(23-21)28-17-5-3-2-4-16(17)24-25-28/h2-5,12-15H,6-11H2,1H3. The highest BCUT2D eigenvalue weighted by Crippen LogP contribution is 2.30. The first kappa shape index (κ1) is 18.7. The molecule has 0 radical (unpaired) electrons. The molecule has 3 aromatic rings. The zero-order chi connectivity index (χ0) is 20.7. The van der Waals surface area contributed by atoms with Gasteiger partial charge in [-0.05, 0) is 37.8 Å². The first-order valence-electron chi connectivity index (χ1n) is 10.3. The maximum atomic E-state index is 12.0. The van der Waals surface area contributed by atoms with Gasteiger partial charge >= 0.3 is 0 Å². The van der Waals surface area contributed by atoms with Crippen LogP contribution in [-0.4, -0.2) is 60.8 Å². The molecule has 2 aliphatic rings. The van der Waals surface area contributed by atoms with Gasteiger partial charge in [0.15, 0.2) is 5.82 Å². The average molecular weight is 405 g/mol. The summed E-state index contributed by atoms with van der Waals surface area (Å²) in [7, 11) is 2.00. The van der Waals surface area contributed by atoms with E-state index in [1.54, 1.807) is 10.9 Å². The Balaban J connectivity index is 1.31. The number of benzene rings is 1. The van der Waals surface area contributed by atoms with Crippen LogP contribution in [0.1, 0.15) is 38.5 Å². The normalized spacial score (nSPS) is 22.1. The number of amides is 2. The number of imide groups is 1. The van der Waals surface area contributed by atoms with Gasteiger partial charge in [0, 0.05) is 44.2 Å². The molecule has 1 saturated heterocycles. The van der Waals surface area contributed by atoms with Crippen LogP contribution in [0.5, 0.6) is 0 Å². The van der Waals surface area contributed by atoms with Crippen LogP contribution in [0.3, 0.4) is 0 Å². The largest absolute Gasteiger partial charge is 0.341 e. The molecule has 1 aliphatic heterocycles. The summed E-state index contributed by atoms with van der Waals surface area (Å²) >= 11 is 0. The van der Waals surface area contributed by atoms with Crippen LogP contribution in [0.15, 0.2) is 36.5 Å². The summed E-state index contributed by atoms with van der Waals surface area (Å²) in [5.74, 6) is 1.26. The molecule has 0 spiro atoms. The van der Waals surface area contributed by atoms with Crippen molar-refractivity contribution in [3.05, 3.63) is 36.5 Å². The Labute approximate surface area is 173 Å². The molecule has 9 heteroatoms. The van der Waals surface area contributed by atoms with Crippen molar-refractivity contribution in [3.63, 3.8) is 0 Å². The van der Waals surface area contributed by atoms with Crippen LogP contribution >= 0.6 is 0 Å². The third-order valence-electron chi connectivity index (χ3n) is 6.18. The van der Waals surface area contributed by atoms with Crippen molar-refractivity contribution in [2.24, 2.45) is 0 Å². The number of hydrogen-bond donors (Lipinski definition) is 0. The van der Waals surface area contributed by atoms with Crippen molar-refractivity contribution < 1.29 is 9.59 Å². The number of carbonyl (C=O) groups excluding carboxylic acids is 2. The van der Waals surface area contributed by atoms with Gasteiger partial charge in [-0.1, -0.05) is 17.3 Å². The molecule has 0 N–H and O–H groups in total. The van der Waals surface area contributed by atoms with E-state index in [1.807, 2.05) is 37.4 Å². The Morgan fingerprint density at radius 2 is 1.73 bits per heavy atom. The van der Waals surface area contributed by atoms with Crippen LogP contribution in [0.4, 0.5) is 5.95 Å². The van der Waals surface area contributed by atoms with Gasteiger partial charge < -0.3 is 4.90 Å². The predicted molar refractivity (Wildman–Crippen MR) is 110 cm³/mol. The van der Waals surface area contributed by atoms with Gasteiger partial charge in [-0.25, -0.2) is 4.98 Å². The molecular weight excluding hydrogens is 382 g/mol. The molecular formula is C21H23N7O2. The molecule has 154 valence electrons. The number of carbonyl (C=O) groups is 2. The van der Waals surface area contributed by atoms with E-state index in [2.05, 4.69) is 20.2 Å². The molecule has 30 heavy (non-hydrogen) atoms. The number of anilines is 1. The Kier molecular flexibility index (Phi) is 4.65. The maximum absolute atomic E-state index is 12.0. The fraction of sp³-hybridized carbons (Fsp3) is 0.429. The molecule has 1 aromatic carbocycles. The van der Waals surface area contributed by atoms with E-state index in [1.165, 1.54) is 4.90 Å². The third-order valence-corrected chi connectivity index (χ3v) is 6.18. The minimum absolute atomic E-state index is 0.0205. The average Bonchev–Trinajstić information content (AvgIpc) is 3.36. The summed E-state index contributed by atoms with van der Waals surface area (Å²) in [4.78, 5) is 36.8. The predicted octanol–water partition coefficient (Wildman–Crippen LogP) is 2.11. The number of hydrogen-bond acceptors (Lipinski definition) is 7. The molecule has 1 aliphatic carbocycles. The molecule has 2 amide bonds. The number of nitrogens with zero attached hydrogens (tertiary/aromatic N) is 7. The zero-order valence-corrected chi connectivity index (χ0v) is 16.8. The number of para-hydroxylation sites is 1. The summed E-state index contributed by atoms with van der Waals surface area (Å²) in [6.45, 7) is 0. The van der Waals surface area contributed by atoms with Crippen LogP contribution in [0.2, 0.25) is 0 Å². The quantitative estimate of drug-likeness (QED) is 0.613. The summed E-state index contributed by atoms with van der Waals surface area (Å²) in [5, 5.41) is 8.43. The van der Waals surface area contributed by atoms with E-state index in [4.69, 9.17) is 4.98 Å². The van der Waals surface area contributed by atoms with Crippen LogP contribution < -0.4 is 4.90 Å². The number of rotatable bonds is 4. The monoisotopic (exact) mass is 405 g/mol. The SMILES string of the molecule is CN(c1nccc(-n2nnc3ccccc32)n1)C1CCC(N2C(=O)CCC2=O)CC1. The van der Waals surface area contributed by atoms with Crippen LogP contribution in [-0.2, 0) is 9.59 Å². The second-order valence-corrected chi connectivity index (χ2v) is 7.94. The van der Waals surface area contributed by atoms with Gasteiger partial charge in [-0.3, -0.25) is 14.5 Å². The van der Waals surface area contributed by atoms with E-state index in [0.717, 1.165) is 36.7 Å². The van der Waals surface area contributed by atoms with Crippen molar-refractivity contribution >= 4 is 28.8 Å². The second-order valence-electron chi connectivity index (χ2n) is 7.94.